The molecule has 0 amide bonds. The summed E-state index contributed by atoms with van der Waals surface area (Å²) in [6.45, 7) is 5.66. The van der Waals surface area contributed by atoms with Gasteiger partial charge in [0.05, 0.1) is 7.11 Å². The Morgan fingerprint density at radius 1 is 1.50 bits per heavy atom. The number of hydrogen-bond acceptors (Lipinski definition) is 4. The number of methoxy groups -OCH3 is 1. The van der Waals surface area contributed by atoms with E-state index in [0.717, 1.165) is 17.7 Å². The van der Waals surface area contributed by atoms with Gasteiger partial charge >= 0.3 is 0 Å². The van der Waals surface area contributed by atoms with Crippen LogP contribution in [0.25, 0.3) is 0 Å². The number of hydrogen-bond donors (Lipinski definition) is 1. The minimum Gasteiger partial charge on any atom is -0.496 e. The molecule has 0 fully saturated rings. The van der Waals surface area contributed by atoms with Crippen molar-refractivity contribution in [1.82, 2.24) is 0 Å². The van der Waals surface area contributed by atoms with Crippen molar-refractivity contribution in [2.45, 2.75) is 39.0 Å². The predicted octanol–water partition coefficient (Wildman–Crippen LogP) is 3.24. The summed E-state index contributed by atoms with van der Waals surface area (Å²) in [7, 11) is 1.62. The summed E-state index contributed by atoms with van der Waals surface area (Å²) in [5.41, 5.74) is 7.52. The number of aliphatic imine (C=N–C) groups is 1. The Labute approximate surface area is 124 Å². The second-order valence-electron chi connectivity index (χ2n) is 4.60. The fraction of sp³-hybridized carbons (Fsp3) is 0.467. The maximum Gasteiger partial charge on any atom is 0.159 e. The molecule has 110 valence electrons. The van der Waals surface area contributed by atoms with Crippen molar-refractivity contribution in [3.63, 3.8) is 0 Å². The lowest BCUT2D eigenvalue weighted by Crippen LogP contribution is -2.11. The molecule has 0 aliphatic heterocycles. The first-order chi connectivity index (χ1) is 9.47. The molecule has 0 radical (unpaired) electrons. The summed E-state index contributed by atoms with van der Waals surface area (Å²) in [6, 6.07) is 5.67. The van der Waals surface area contributed by atoms with Crippen molar-refractivity contribution in [3.05, 3.63) is 29.3 Å². The monoisotopic (exact) mass is 294 g/mol. The number of carbonyl (C=O) groups excluding carboxylic acids is 1. The van der Waals surface area contributed by atoms with E-state index in [-0.39, 0.29) is 11.8 Å². The second kappa shape index (κ2) is 7.94. The molecule has 1 aromatic carbocycles. The number of ketones is 1. The van der Waals surface area contributed by atoms with Crippen LogP contribution in [-0.4, -0.2) is 24.1 Å². The van der Waals surface area contributed by atoms with Crippen LogP contribution in [0.5, 0.6) is 5.75 Å². The molecule has 2 N–H and O–H groups in total. The van der Waals surface area contributed by atoms with Crippen LogP contribution in [0.15, 0.2) is 23.2 Å². The third kappa shape index (κ3) is 4.89. The number of nitrogens with two attached hydrogens (primary N) is 1. The van der Waals surface area contributed by atoms with E-state index in [1.165, 1.54) is 11.8 Å². The highest BCUT2D eigenvalue weighted by Crippen LogP contribution is 2.25. The van der Waals surface area contributed by atoms with Crippen LogP contribution >= 0.6 is 11.8 Å². The summed E-state index contributed by atoms with van der Waals surface area (Å²) in [5.74, 6) is 1.44. The standard InChI is InChI=1S/C15H22N2O2S/c1-5-10(2)17-15(16)20-9-13-8-12(11(3)18)6-7-14(13)19-4/h6-8,10H,5,9H2,1-4H3,(H2,16,17)/t10-/m0/s1. The molecule has 0 aromatic heterocycles. The van der Waals surface area contributed by atoms with Crippen molar-refractivity contribution in [1.29, 1.82) is 0 Å². The topological polar surface area (TPSA) is 64.7 Å². The number of benzene rings is 1. The molecule has 1 rings (SSSR count). The number of thioether (sulfide) groups is 1. The maximum atomic E-state index is 11.4. The highest BCUT2D eigenvalue weighted by molar-refractivity contribution is 8.13. The van der Waals surface area contributed by atoms with Crippen LogP contribution in [0, 0.1) is 0 Å². The summed E-state index contributed by atoms with van der Waals surface area (Å²) in [5, 5.41) is 0.564. The van der Waals surface area contributed by atoms with E-state index in [1.54, 1.807) is 20.1 Å². The van der Waals surface area contributed by atoms with E-state index in [2.05, 4.69) is 11.9 Å². The van der Waals surface area contributed by atoms with Gasteiger partial charge in [-0.3, -0.25) is 9.79 Å². The fourth-order valence-corrected chi connectivity index (χ4v) is 2.39. The molecule has 0 aliphatic rings. The van der Waals surface area contributed by atoms with E-state index < -0.39 is 0 Å². The molecule has 5 heteroatoms. The molecule has 0 unspecified atom stereocenters. The number of carbonyl (C=O) groups is 1. The summed E-state index contributed by atoms with van der Waals surface area (Å²) >= 11 is 1.46. The van der Waals surface area contributed by atoms with Crippen molar-refractivity contribution >= 4 is 22.7 Å². The minimum atomic E-state index is 0.0418. The van der Waals surface area contributed by atoms with E-state index in [1.807, 2.05) is 19.1 Å². The van der Waals surface area contributed by atoms with E-state index >= 15 is 0 Å². The molecule has 1 atom stereocenters. The lowest BCUT2D eigenvalue weighted by Gasteiger charge is -2.10. The summed E-state index contributed by atoms with van der Waals surface area (Å²) in [6.07, 6.45) is 0.963. The van der Waals surface area contributed by atoms with Crippen molar-refractivity contribution in [3.8, 4) is 5.75 Å². The average Bonchev–Trinajstić information content (AvgIpc) is 2.44. The zero-order chi connectivity index (χ0) is 15.1. The average molecular weight is 294 g/mol. The first-order valence-corrected chi connectivity index (χ1v) is 7.60. The van der Waals surface area contributed by atoms with Crippen LogP contribution in [-0.2, 0) is 5.75 Å². The van der Waals surface area contributed by atoms with Gasteiger partial charge in [0.1, 0.15) is 5.75 Å². The molecule has 4 nitrogen and oxygen atoms in total. The highest BCUT2D eigenvalue weighted by atomic mass is 32.2. The maximum absolute atomic E-state index is 11.4. The zero-order valence-corrected chi connectivity index (χ0v) is 13.3. The fourth-order valence-electron chi connectivity index (χ4n) is 1.61. The molecule has 0 spiro atoms. The lowest BCUT2D eigenvalue weighted by atomic mass is 10.1. The Bertz CT molecular complexity index is 501. The molecule has 0 saturated heterocycles. The normalized spacial score (nSPS) is 13.1. The van der Waals surface area contributed by atoms with E-state index in [4.69, 9.17) is 10.5 Å². The molecule has 0 aliphatic carbocycles. The Hall–Kier alpha value is -1.49. The SMILES string of the molecule is CC[C@H](C)N=C(N)SCc1cc(C(C)=O)ccc1OC. The Kier molecular flexibility index (Phi) is 6.58. The Morgan fingerprint density at radius 2 is 2.20 bits per heavy atom. The van der Waals surface area contributed by atoms with Crippen LogP contribution < -0.4 is 10.5 Å². The third-order valence-electron chi connectivity index (χ3n) is 3.00. The Balaban J connectivity index is 2.83. The molecule has 0 heterocycles. The van der Waals surface area contributed by atoms with Crippen LogP contribution in [0.3, 0.4) is 0 Å². The zero-order valence-electron chi connectivity index (χ0n) is 12.5. The van der Waals surface area contributed by atoms with Gasteiger partial charge in [0.2, 0.25) is 0 Å². The largest absolute Gasteiger partial charge is 0.496 e. The van der Waals surface area contributed by atoms with Gasteiger partial charge in [0.15, 0.2) is 11.0 Å². The molecular formula is C15H22N2O2S. The minimum absolute atomic E-state index is 0.0418. The number of Topliss-reactive ketones (excluding diaryl/α,β-unsaturated/α-hetero) is 1. The van der Waals surface area contributed by atoms with Gasteiger partial charge in [-0.25, -0.2) is 0 Å². The number of amidine groups is 1. The van der Waals surface area contributed by atoms with E-state index in [9.17, 15) is 4.79 Å². The molecule has 0 bridgehead atoms. The van der Waals surface area contributed by atoms with E-state index in [0.29, 0.717) is 16.5 Å². The molecule has 0 saturated carbocycles. The molecule has 20 heavy (non-hydrogen) atoms. The van der Waals surface area contributed by atoms with Gasteiger partial charge < -0.3 is 10.5 Å². The van der Waals surface area contributed by atoms with Gasteiger partial charge in [-0.1, -0.05) is 18.7 Å². The quantitative estimate of drug-likeness (QED) is 0.497. The number of rotatable bonds is 6. The third-order valence-corrected chi connectivity index (χ3v) is 3.86. The Morgan fingerprint density at radius 3 is 2.75 bits per heavy atom. The smallest absolute Gasteiger partial charge is 0.159 e. The predicted molar refractivity (Wildman–Crippen MR) is 85.7 cm³/mol. The van der Waals surface area contributed by atoms with Gasteiger partial charge in [-0.15, -0.1) is 0 Å². The van der Waals surface area contributed by atoms with Crippen molar-refractivity contribution < 1.29 is 9.53 Å². The van der Waals surface area contributed by atoms with Gasteiger partial charge in [-0.2, -0.15) is 0 Å². The molecular weight excluding hydrogens is 272 g/mol. The van der Waals surface area contributed by atoms with Crippen LogP contribution in [0.4, 0.5) is 0 Å². The van der Waals surface area contributed by atoms with Crippen molar-refractivity contribution in [2.75, 3.05) is 7.11 Å². The van der Waals surface area contributed by atoms with Gasteiger partial charge in [0.25, 0.3) is 0 Å². The second-order valence-corrected chi connectivity index (χ2v) is 5.59. The van der Waals surface area contributed by atoms with Crippen LogP contribution in [0.1, 0.15) is 43.1 Å². The van der Waals surface area contributed by atoms with Crippen molar-refractivity contribution in [2.24, 2.45) is 10.7 Å². The lowest BCUT2D eigenvalue weighted by molar-refractivity contribution is 0.101. The van der Waals surface area contributed by atoms with Crippen LogP contribution in [0.2, 0.25) is 0 Å². The first kappa shape index (κ1) is 16.6. The molecule has 1 aromatic rings. The number of ether oxygens (including phenoxy) is 1. The first-order valence-electron chi connectivity index (χ1n) is 6.61. The highest BCUT2D eigenvalue weighted by Gasteiger charge is 2.08. The number of nitrogens with zero attached hydrogens (tertiary/aromatic N) is 1. The van der Waals surface area contributed by atoms with Gasteiger partial charge in [0, 0.05) is 22.9 Å². The summed E-state index contributed by atoms with van der Waals surface area (Å²) < 4.78 is 5.31. The van der Waals surface area contributed by atoms with Gasteiger partial charge in [-0.05, 0) is 38.5 Å². The summed E-state index contributed by atoms with van der Waals surface area (Å²) in [4.78, 5) is 15.8.